The molecule has 7 heteroatoms. The number of amides is 3. The SMILES string of the molecule is Cc1cccc(NC(=O)[C@@H](C)OC(=O)[C@H](C)N2C(=O)[C@H]3CC=CC[C@H]3C2=O)c1. The van der Waals surface area contributed by atoms with E-state index in [2.05, 4.69) is 5.32 Å². The molecular weight excluding hydrogens is 360 g/mol. The summed E-state index contributed by atoms with van der Waals surface area (Å²) < 4.78 is 5.23. The predicted octanol–water partition coefficient (Wildman–Crippen LogP) is 2.20. The quantitative estimate of drug-likeness (QED) is 0.477. The van der Waals surface area contributed by atoms with Crippen molar-refractivity contribution < 1.29 is 23.9 Å². The fraction of sp³-hybridized carbons (Fsp3) is 0.429. The minimum absolute atomic E-state index is 0.347. The van der Waals surface area contributed by atoms with Crippen molar-refractivity contribution in [1.82, 2.24) is 4.90 Å². The molecule has 4 atom stereocenters. The van der Waals surface area contributed by atoms with E-state index in [4.69, 9.17) is 4.74 Å². The Morgan fingerprint density at radius 1 is 1.11 bits per heavy atom. The van der Waals surface area contributed by atoms with Crippen LogP contribution in [0.25, 0.3) is 0 Å². The van der Waals surface area contributed by atoms with Gasteiger partial charge in [0.1, 0.15) is 6.04 Å². The third kappa shape index (κ3) is 3.83. The maximum absolute atomic E-state index is 12.6. The average molecular weight is 384 g/mol. The van der Waals surface area contributed by atoms with Gasteiger partial charge in [-0.15, -0.1) is 0 Å². The molecule has 0 unspecified atom stereocenters. The summed E-state index contributed by atoms with van der Waals surface area (Å²) in [5, 5.41) is 2.68. The highest BCUT2D eigenvalue weighted by atomic mass is 16.5. The zero-order chi connectivity index (χ0) is 20.4. The van der Waals surface area contributed by atoms with E-state index >= 15 is 0 Å². The van der Waals surface area contributed by atoms with Crippen LogP contribution in [0.5, 0.6) is 0 Å². The van der Waals surface area contributed by atoms with Crippen molar-refractivity contribution in [2.24, 2.45) is 11.8 Å². The maximum Gasteiger partial charge on any atom is 0.329 e. The van der Waals surface area contributed by atoms with Crippen LogP contribution < -0.4 is 5.32 Å². The second-order valence-corrected chi connectivity index (χ2v) is 7.32. The van der Waals surface area contributed by atoms with E-state index in [9.17, 15) is 19.2 Å². The van der Waals surface area contributed by atoms with Crippen LogP contribution in [0, 0.1) is 18.8 Å². The molecule has 7 nitrogen and oxygen atoms in total. The van der Waals surface area contributed by atoms with Crippen molar-refractivity contribution in [1.29, 1.82) is 0 Å². The van der Waals surface area contributed by atoms with Crippen LogP contribution in [0.2, 0.25) is 0 Å². The Labute approximate surface area is 163 Å². The minimum Gasteiger partial charge on any atom is -0.451 e. The number of hydrogen-bond acceptors (Lipinski definition) is 5. The summed E-state index contributed by atoms with van der Waals surface area (Å²) in [6.45, 7) is 4.80. The highest BCUT2D eigenvalue weighted by molar-refractivity contribution is 6.08. The highest BCUT2D eigenvalue weighted by Crippen LogP contribution is 2.36. The molecule has 0 radical (unpaired) electrons. The van der Waals surface area contributed by atoms with Gasteiger partial charge in [0.2, 0.25) is 11.8 Å². The lowest BCUT2D eigenvalue weighted by Crippen LogP contribution is -2.46. The Kier molecular flexibility index (Phi) is 5.63. The molecule has 1 aromatic carbocycles. The van der Waals surface area contributed by atoms with Crippen molar-refractivity contribution in [2.45, 2.75) is 45.8 Å². The maximum atomic E-state index is 12.6. The van der Waals surface area contributed by atoms with Crippen LogP contribution in [0.4, 0.5) is 5.69 Å². The number of benzene rings is 1. The van der Waals surface area contributed by atoms with Crippen LogP contribution in [-0.2, 0) is 23.9 Å². The van der Waals surface area contributed by atoms with E-state index in [0.29, 0.717) is 18.5 Å². The van der Waals surface area contributed by atoms with Gasteiger partial charge in [0.05, 0.1) is 11.8 Å². The molecule has 1 fully saturated rings. The lowest BCUT2D eigenvalue weighted by atomic mass is 9.85. The van der Waals surface area contributed by atoms with Crippen LogP contribution in [0.1, 0.15) is 32.3 Å². The second-order valence-electron chi connectivity index (χ2n) is 7.32. The Balaban J connectivity index is 1.61. The fourth-order valence-corrected chi connectivity index (χ4v) is 3.61. The number of allylic oxidation sites excluding steroid dienone is 2. The van der Waals surface area contributed by atoms with Gasteiger partial charge in [0, 0.05) is 5.69 Å². The molecule has 1 aliphatic carbocycles. The van der Waals surface area contributed by atoms with Gasteiger partial charge in [-0.2, -0.15) is 0 Å². The molecule has 1 aliphatic heterocycles. The van der Waals surface area contributed by atoms with Crippen LogP contribution in [-0.4, -0.2) is 40.7 Å². The van der Waals surface area contributed by atoms with Crippen molar-refractivity contribution in [3.8, 4) is 0 Å². The predicted molar refractivity (Wildman–Crippen MR) is 102 cm³/mol. The average Bonchev–Trinajstić information content (AvgIpc) is 2.92. The van der Waals surface area contributed by atoms with Gasteiger partial charge in [-0.1, -0.05) is 24.3 Å². The summed E-state index contributed by atoms with van der Waals surface area (Å²) in [5.74, 6) is -2.77. The Morgan fingerprint density at radius 3 is 2.29 bits per heavy atom. The number of nitrogens with one attached hydrogen (secondary N) is 1. The Bertz CT molecular complexity index is 821. The first-order valence-electron chi connectivity index (χ1n) is 9.39. The zero-order valence-electron chi connectivity index (χ0n) is 16.2. The smallest absolute Gasteiger partial charge is 0.329 e. The summed E-state index contributed by atoms with van der Waals surface area (Å²) in [6.07, 6.45) is 3.71. The minimum atomic E-state index is -1.07. The standard InChI is InChI=1S/C21H24N2O5/c1-12-7-6-8-15(11-12)22-18(24)14(3)28-21(27)13(2)23-19(25)16-9-4-5-10-17(16)20(23)26/h4-8,11,13-14,16-17H,9-10H2,1-3H3,(H,22,24)/t13-,14+,16-,17+/m0/s1. The molecule has 0 bridgehead atoms. The Hall–Kier alpha value is -2.96. The molecule has 1 heterocycles. The van der Waals surface area contributed by atoms with E-state index < -0.39 is 35.9 Å². The number of hydrogen-bond donors (Lipinski definition) is 1. The number of carbonyl (C=O) groups is 4. The van der Waals surface area contributed by atoms with E-state index in [1.807, 2.05) is 31.2 Å². The fourth-order valence-electron chi connectivity index (χ4n) is 3.61. The molecule has 3 rings (SSSR count). The van der Waals surface area contributed by atoms with E-state index in [1.54, 1.807) is 12.1 Å². The van der Waals surface area contributed by atoms with E-state index in [0.717, 1.165) is 10.5 Å². The number of likely N-dealkylation sites (tertiary alicyclic amines) is 1. The van der Waals surface area contributed by atoms with Crippen molar-refractivity contribution in [2.75, 3.05) is 5.32 Å². The largest absolute Gasteiger partial charge is 0.451 e. The van der Waals surface area contributed by atoms with Gasteiger partial charge in [-0.05, 0) is 51.3 Å². The van der Waals surface area contributed by atoms with E-state index in [1.165, 1.54) is 13.8 Å². The van der Waals surface area contributed by atoms with Gasteiger partial charge in [-0.3, -0.25) is 19.3 Å². The summed E-state index contributed by atoms with van der Waals surface area (Å²) in [4.78, 5) is 50.9. The number of anilines is 1. The molecule has 1 N–H and O–H groups in total. The van der Waals surface area contributed by atoms with E-state index in [-0.39, 0.29) is 11.8 Å². The normalized spacial score (nSPS) is 23.2. The Morgan fingerprint density at radius 2 is 1.71 bits per heavy atom. The molecular formula is C21H24N2O5. The molecule has 1 saturated heterocycles. The van der Waals surface area contributed by atoms with Crippen LogP contribution >= 0.6 is 0 Å². The number of carbonyl (C=O) groups excluding carboxylic acids is 4. The summed E-state index contributed by atoms with van der Waals surface area (Å²) in [6, 6.07) is 6.17. The van der Waals surface area contributed by atoms with Crippen molar-refractivity contribution in [3.63, 3.8) is 0 Å². The topological polar surface area (TPSA) is 92.8 Å². The van der Waals surface area contributed by atoms with Crippen LogP contribution in [0.15, 0.2) is 36.4 Å². The van der Waals surface area contributed by atoms with Crippen LogP contribution in [0.3, 0.4) is 0 Å². The molecule has 0 aromatic heterocycles. The van der Waals surface area contributed by atoms with Gasteiger partial charge in [-0.25, -0.2) is 4.79 Å². The zero-order valence-corrected chi connectivity index (χ0v) is 16.2. The van der Waals surface area contributed by atoms with Gasteiger partial charge in [0.25, 0.3) is 5.91 Å². The lowest BCUT2D eigenvalue weighted by Gasteiger charge is -2.23. The number of ether oxygens (including phenoxy) is 1. The molecule has 28 heavy (non-hydrogen) atoms. The number of nitrogens with zero attached hydrogens (tertiary/aromatic N) is 1. The third-order valence-electron chi connectivity index (χ3n) is 5.22. The third-order valence-corrected chi connectivity index (χ3v) is 5.22. The number of rotatable bonds is 5. The second kappa shape index (κ2) is 7.96. The molecule has 148 valence electrons. The van der Waals surface area contributed by atoms with Crippen molar-refractivity contribution in [3.05, 3.63) is 42.0 Å². The molecule has 0 saturated carbocycles. The first kappa shape index (κ1) is 19.8. The monoisotopic (exact) mass is 384 g/mol. The summed E-state index contributed by atoms with van der Waals surface area (Å²) >= 11 is 0. The highest BCUT2D eigenvalue weighted by Gasteiger charge is 2.50. The molecule has 2 aliphatic rings. The first-order chi connectivity index (χ1) is 13.3. The van der Waals surface area contributed by atoms with Crippen molar-refractivity contribution >= 4 is 29.4 Å². The van der Waals surface area contributed by atoms with Gasteiger partial charge in [0.15, 0.2) is 6.10 Å². The summed E-state index contributed by atoms with van der Waals surface area (Å²) in [5.41, 5.74) is 1.58. The van der Waals surface area contributed by atoms with Gasteiger partial charge < -0.3 is 10.1 Å². The number of fused-ring (bicyclic) bond motifs is 1. The number of esters is 1. The number of aryl methyl sites for hydroxylation is 1. The molecule has 1 aromatic rings. The first-order valence-corrected chi connectivity index (χ1v) is 9.39. The molecule has 0 spiro atoms. The number of imide groups is 1. The summed E-state index contributed by atoms with van der Waals surface area (Å²) in [7, 11) is 0. The molecule has 3 amide bonds. The lowest BCUT2D eigenvalue weighted by molar-refractivity contribution is -0.163. The van der Waals surface area contributed by atoms with Gasteiger partial charge >= 0.3 is 5.97 Å².